The molecule has 1 rings (SSSR count). The van der Waals surface area contributed by atoms with Crippen LogP contribution < -0.4 is 5.32 Å². The largest absolute Gasteiger partial charge is 0.367 e. The highest BCUT2D eigenvalue weighted by Crippen LogP contribution is 2.15. The molecule has 1 unspecified atom stereocenters. The van der Waals surface area contributed by atoms with Crippen LogP contribution in [0.15, 0.2) is 18.3 Å². The lowest BCUT2D eigenvalue weighted by molar-refractivity contribution is 0.512. The van der Waals surface area contributed by atoms with Crippen molar-refractivity contribution in [1.82, 2.24) is 4.98 Å². The Balaban J connectivity index is 2.61. The maximum absolute atomic E-state index is 5.76. The molecule has 84 valence electrons. The van der Waals surface area contributed by atoms with Crippen molar-refractivity contribution in [3.05, 3.63) is 23.4 Å². The zero-order chi connectivity index (χ0) is 11.3. The zero-order valence-electron chi connectivity index (χ0n) is 9.00. The molecule has 0 fully saturated rings. The van der Waals surface area contributed by atoms with Gasteiger partial charge in [-0.2, -0.15) is 0 Å². The van der Waals surface area contributed by atoms with Crippen LogP contribution in [-0.4, -0.2) is 16.9 Å². The predicted molar refractivity (Wildman–Crippen MR) is 66.8 cm³/mol. The molecule has 1 heterocycles. The predicted octanol–water partition coefficient (Wildman–Crippen LogP) is 3.80. The van der Waals surface area contributed by atoms with Crippen molar-refractivity contribution in [2.45, 2.75) is 26.3 Å². The van der Waals surface area contributed by atoms with Gasteiger partial charge in [0.05, 0.1) is 5.02 Å². The summed E-state index contributed by atoms with van der Waals surface area (Å²) < 4.78 is 0. The number of anilines is 1. The van der Waals surface area contributed by atoms with Crippen LogP contribution in [0.2, 0.25) is 5.02 Å². The molecule has 1 N–H and O–H groups in total. The van der Waals surface area contributed by atoms with Gasteiger partial charge in [-0.15, -0.1) is 11.6 Å². The Kier molecular flexibility index (Phi) is 5.20. The molecule has 1 aromatic heterocycles. The number of aromatic nitrogens is 1. The lowest BCUT2D eigenvalue weighted by Crippen LogP contribution is -2.26. The van der Waals surface area contributed by atoms with Gasteiger partial charge in [-0.25, -0.2) is 4.98 Å². The SMILES string of the molecule is CC(C)C(CCCl)Nc1ccc(Cl)cn1. The third-order valence-electron chi connectivity index (χ3n) is 2.29. The second-order valence-corrected chi connectivity index (χ2v) is 4.65. The number of nitrogens with one attached hydrogen (secondary N) is 1. The Hall–Kier alpha value is -0.470. The summed E-state index contributed by atoms with van der Waals surface area (Å²) >= 11 is 11.5. The summed E-state index contributed by atoms with van der Waals surface area (Å²) in [6, 6.07) is 4.07. The van der Waals surface area contributed by atoms with Crippen molar-refractivity contribution in [3.8, 4) is 0 Å². The summed E-state index contributed by atoms with van der Waals surface area (Å²) in [4.78, 5) is 4.20. The van der Waals surface area contributed by atoms with E-state index in [1.807, 2.05) is 12.1 Å². The van der Waals surface area contributed by atoms with Gasteiger partial charge in [-0.3, -0.25) is 0 Å². The van der Waals surface area contributed by atoms with Gasteiger partial charge in [0.2, 0.25) is 0 Å². The van der Waals surface area contributed by atoms with E-state index in [1.54, 1.807) is 6.20 Å². The molecule has 1 atom stereocenters. The second kappa shape index (κ2) is 6.19. The van der Waals surface area contributed by atoms with E-state index >= 15 is 0 Å². The number of rotatable bonds is 5. The van der Waals surface area contributed by atoms with Crippen LogP contribution in [0.1, 0.15) is 20.3 Å². The van der Waals surface area contributed by atoms with E-state index in [1.165, 1.54) is 0 Å². The number of pyridine rings is 1. The highest BCUT2D eigenvalue weighted by molar-refractivity contribution is 6.30. The highest BCUT2D eigenvalue weighted by Gasteiger charge is 2.12. The number of nitrogens with zero attached hydrogens (tertiary/aromatic N) is 1. The fourth-order valence-electron chi connectivity index (χ4n) is 1.34. The van der Waals surface area contributed by atoms with Crippen molar-refractivity contribution in [3.63, 3.8) is 0 Å². The van der Waals surface area contributed by atoms with Crippen molar-refractivity contribution in [2.24, 2.45) is 5.92 Å². The van der Waals surface area contributed by atoms with Gasteiger partial charge < -0.3 is 5.32 Å². The molecule has 0 aliphatic heterocycles. The quantitative estimate of drug-likeness (QED) is 0.800. The Bertz CT molecular complexity index is 285. The van der Waals surface area contributed by atoms with Gasteiger partial charge in [-0.05, 0) is 24.5 Å². The van der Waals surface area contributed by atoms with Crippen molar-refractivity contribution < 1.29 is 0 Å². The first-order valence-electron chi connectivity index (χ1n) is 5.07. The fraction of sp³-hybridized carbons (Fsp3) is 0.545. The normalized spacial score (nSPS) is 12.9. The number of hydrogen-bond donors (Lipinski definition) is 1. The minimum absolute atomic E-state index is 0.358. The van der Waals surface area contributed by atoms with Crippen LogP contribution in [0.4, 0.5) is 5.82 Å². The summed E-state index contributed by atoms with van der Waals surface area (Å²) in [5.41, 5.74) is 0. The molecular weight excluding hydrogens is 231 g/mol. The Morgan fingerprint density at radius 2 is 2.13 bits per heavy atom. The third-order valence-corrected chi connectivity index (χ3v) is 2.73. The van der Waals surface area contributed by atoms with Gasteiger partial charge in [0.1, 0.15) is 5.82 Å². The van der Waals surface area contributed by atoms with E-state index in [0.29, 0.717) is 22.9 Å². The Morgan fingerprint density at radius 1 is 1.40 bits per heavy atom. The summed E-state index contributed by atoms with van der Waals surface area (Å²) in [5, 5.41) is 4.00. The summed E-state index contributed by atoms with van der Waals surface area (Å²) in [5.74, 6) is 2.04. The lowest BCUT2D eigenvalue weighted by Gasteiger charge is -2.21. The van der Waals surface area contributed by atoms with E-state index in [2.05, 4.69) is 24.1 Å². The van der Waals surface area contributed by atoms with Crippen molar-refractivity contribution in [1.29, 1.82) is 0 Å². The highest BCUT2D eigenvalue weighted by atomic mass is 35.5. The van der Waals surface area contributed by atoms with Crippen LogP contribution in [0.5, 0.6) is 0 Å². The van der Waals surface area contributed by atoms with E-state index < -0.39 is 0 Å². The Morgan fingerprint density at radius 3 is 2.60 bits per heavy atom. The summed E-state index contributed by atoms with van der Waals surface area (Å²) in [6.45, 7) is 4.33. The van der Waals surface area contributed by atoms with E-state index in [-0.39, 0.29) is 0 Å². The molecule has 0 saturated heterocycles. The molecule has 0 aromatic carbocycles. The topological polar surface area (TPSA) is 24.9 Å². The standard InChI is InChI=1S/C11H16Cl2N2/c1-8(2)10(5-6-12)15-11-4-3-9(13)7-14-11/h3-4,7-8,10H,5-6H2,1-2H3,(H,14,15). The van der Waals surface area contributed by atoms with Gasteiger partial charge in [0, 0.05) is 18.1 Å². The second-order valence-electron chi connectivity index (χ2n) is 3.83. The van der Waals surface area contributed by atoms with Gasteiger partial charge >= 0.3 is 0 Å². The molecule has 1 aromatic rings. The number of halogens is 2. The van der Waals surface area contributed by atoms with Gasteiger partial charge in [0.25, 0.3) is 0 Å². The molecule has 0 amide bonds. The average molecular weight is 247 g/mol. The van der Waals surface area contributed by atoms with Crippen LogP contribution in [0.25, 0.3) is 0 Å². The zero-order valence-corrected chi connectivity index (χ0v) is 10.5. The fourth-order valence-corrected chi connectivity index (χ4v) is 1.69. The molecule has 0 aliphatic carbocycles. The summed E-state index contributed by atoms with van der Waals surface area (Å²) in [6.07, 6.45) is 2.57. The first-order valence-corrected chi connectivity index (χ1v) is 5.98. The maximum atomic E-state index is 5.76. The molecular formula is C11H16Cl2N2. The van der Waals surface area contributed by atoms with Gasteiger partial charge in [0.15, 0.2) is 0 Å². The average Bonchev–Trinajstić information content (AvgIpc) is 2.20. The molecule has 15 heavy (non-hydrogen) atoms. The van der Waals surface area contributed by atoms with Crippen LogP contribution in [0.3, 0.4) is 0 Å². The van der Waals surface area contributed by atoms with Crippen LogP contribution in [-0.2, 0) is 0 Å². The molecule has 0 radical (unpaired) electrons. The molecule has 0 bridgehead atoms. The molecule has 0 aliphatic rings. The van der Waals surface area contributed by atoms with Crippen molar-refractivity contribution in [2.75, 3.05) is 11.2 Å². The Labute approximate surface area is 101 Å². The van der Waals surface area contributed by atoms with Gasteiger partial charge in [-0.1, -0.05) is 25.4 Å². The van der Waals surface area contributed by atoms with Crippen molar-refractivity contribution >= 4 is 29.0 Å². The first-order chi connectivity index (χ1) is 7.13. The van der Waals surface area contributed by atoms with E-state index in [9.17, 15) is 0 Å². The summed E-state index contributed by atoms with van der Waals surface area (Å²) in [7, 11) is 0. The molecule has 0 spiro atoms. The molecule has 4 heteroatoms. The van der Waals surface area contributed by atoms with Crippen LogP contribution >= 0.6 is 23.2 Å². The smallest absolute Gasteiger partial charge is 0.126 e. The molecule has 0 saturated carbocycles. The van der Waals surface area contributed by atoms with Crippen LogP contribution in [0, 0.1) is 5.92 Å². The monoisotopic (exact) mass is 246 g/mol. The minimum Gasteiger partial charge on any atom is -0.367 e. The lowest BCUT2D eigenvalue weighted by atomic mass is 10.0. The van der Waals surface area contributed by atoms with E-state index in [4.69, 9.17) is 23.2 Å². The first kappa shape index (κ1) is 12.6. The maximum Gasteiger partial charge on any atom is 0.126 e. The number of hydrogen-bond acceptors (Lipinski definition) is 2. The molecule has 2 nitrogen and oxygen atoms in total. The minimum atomic E-state index is 0.358. The van der Waals surface area contributed by atoms with E-state index in [0.717, 1.165) is 12.2 Å². The number of alkyl halides is 1. The third kappa shape index (κ3) is 4.27.